The van der Waals surface area contributed by atoms with Crippen molar-refractivity contribution in [2.45, 2.75) is 38.8 Å². The van der Waals surface area contributed by atoms with Gasteiger partial charge in [-0.25, -0.2) is 4.39 Å². The van der Waals surface area contributed by atoms with E-state index in [0.29, 0.717) is 36.1 Å². The molecule has 8 heteroatoms. The molecule has 1 aromatic heterocycles. The van der Waals surface area contributed by atoms with E-state index in [1.165, 1.54) is 17.7 Å². The summed E-state index contributed by atoms with van der Waals surface area (Å²) >= 11 is 0. The zero-order chi connectivity index (χ0) is 25.2. The zero-order valence-corrected chi connectivity index (χ0v) is 21.1. The number of amides is 1. The second kappa shape index (κ2) is 10.3. The van der Waals surface area contributed by atoms with Gasteiger partial charge in [0.2, 0.25) is 6.79 Å². The largest absolute Gasteiger partial charge is 0.454 e. The summed E-state index contributed by atoms with van der Waals surface area (Å²) in [6, 6.07) is 12.5. The lowest BCUT2D eigenvalue weighted by molar-refractivity contribution is 0.0602. The number of rotatable bonds is 7. The number of aromatic nitrogens is 2. The summed E-state index contributed by atoms with van der Waals surface area (Å²) in [6.07, 6.45) is 4.74. The molecule has 1 atom stereocenters. The molecule has 1 fully saturated rings. The number of halogens is 1. The molecule has 5 rings (SSSR count). The Morgan fingerprint density at radius 3 is 2.56 bits per heavy atom. The fourth-order valence-corrected chi connectivity index (χ4v) is 5.43. The lowest BCUT2D eigenvalue weighted by Gasteiger charge is -2.40. The van der Waals surface area contributed by atoms with Crippen molar-refractivity contribution in [3.8, 4) is 11.5 Å². The second-order valence-corrected chi connectivity index (χ2v) is 9.92. The number of piperidine rings is 1. The number of likely N-dealkylation sites (N-methyl/N-ethyl adjacent to an activating group) is 1. The van der Waals surface area contributed by atoms with Gasteiger partial charge in [0.25, 0.3) is 5.91 Å². The topological polar surface area (TPSA) is 59.8 Å². The lowest BCUT2D eigenvalue weighted by atomic mass is 9.84. The molecule has 0 aliphatic carbocycles. The summed E-state index contributed by atoms with van der Waals surface area (Å²) in [5.41, 5.74) is 3.99. The van der Waals surface area contributed by atoms with Crippen LogP contribution in [0.15, 0.2) is 48.7 Å². The fraction of sp³-hybridized carbons (Fsp3) is 0.429. The molecule has 0 unspecified atom stereocenters. The molecule has 7 nitrogen and oxygen atoms in total. The Bertz CT molecular complexity index is 1220. The van der Waals surface area contributed by atoms with Crippen LogP contribution in [-0.4, -0.2) is 58.5 Å². The van der Waals surface area contributed by atoms with Crippen molar-refractivity contribution >= 4 is 5.91 Å². The maximum atomic E-state index is 13.5. The number of likely N-dealkylation sites (tertiary alicyclic amines) is 1. The van der Waals surface area contributed by atoms with Crippen molar-refractivity contribution in [3.05, 3.63) is 76.9 Å². The average molecular weight is 493 g/mol. The minimum atomic E-state index is -0.218. The van der Waals surface area contributed by atoms with E-state index in [-0.39, 0.29) is 24.6 Å². The van der Waals surface area contributed by atoms with E-state index in [1.807, 2.05) is 41.8 Å². The summed E-state index contributed by atoms with van der Waals surface area (Å²) in [7, 11) is 4.10. The van der Waals surface area contributed by atoms with Crippen LogP contribution in [0, 0.1) is 18.7 Å². The van der Waals surface area contributed by atoms with Crippen LogP contribution in [0.2, 0.25) is 0 Å². The molecule has 36 heavy (non-hydrogen) atoms. The van der Waals surface area contributed by atoms with Gasteiger partial charge in [-0.2, -0.15) is 5.10 Å². The number of nitrogens with zero attached hydrogens (tertiary/aromatic N) is 4. The highest BCUT2D eigenvalue weighted by Crippen LogP contribution is 2.34. The highest BCUT2D eigenvalue weighted by Gasteiger charge is 2.32. The molecule has 3 heterocycles. The number of benzene rings is 2. The third-order valence-electron chi connectivity index (χ3n) is 7.45. The first-order valence-corrected chi connectivity index (χ1v) is 12.5. The molecular weight excluding hydrogens is 459 g/mol. The average Bonchev–Trinajstić information content (AvgIpc) is 3.48. The molecule has 0 radical (unpaired) electrons. The smallest absolute Gasteiger partial charge is 0.253 e. The Morgan fingerprint density at radius 2 is 1.86 bits per heavy atom. The van der Waals surface area contributed by atoms with E-state index in [0.717, 1.165) is 37.1 Å². The van der Waals surface area contributed by atoms with Gasteiger partial charge in [-0.05, 0) is 75.0 Å². The number of aryl methyl sites for hydroxylation is 2. The molecule has 2 aromatic carbocycles. The third-order valence-corrected chi connectivity index (χ3v) is 7.45. The fourth-order valence-electron chi connectivity index (χ4n) is 5.43. The van der Waals surface area contributed by atoms with E-state index in [2.05, 4.69) is 23.2 Å². The zero-order valence-electron chi connectivity index (χ0n) is 21.1. The van der Waals surface area contributed by atoms with E-state index in [9.17, 15) is 9.18 Å². The van der Waals surface area contributed by atoms with E-state index in [1.54, 1.807) is 12.1 Å². The van der Waals surface area contributed by atoms with Crippen LogP contribution in [0.1, 0.15) is 40.0 Å². The summed E-state index contributed by atoms with van der Waals surface area (Å²) in [5.74, 6) is 1.53. The molecule has 2 aliphatic heterocycles. The number of carbonyl (C=O) groups excluding carboxylic acids is 1. The number of ether oxygens (including phenoxy) is 2. The van der Waals surface area contributed by atoms with Crippen LogP contribution in [0.3, 0.4) is 0 Å². The van der Waals surface area contributed by atoms with Gasteiger partial charge in [0.15, 0.2) is 11.5 Å². The lowest BCUT2D eigenvalue weighted by Crippen LogP contribution is -2.46. The van der Waals surface area contributed by atoms with Crippen molar-refractivity contribution in [1.82, 2.24) is 19.6 Å². The van der Waals surface area contributed by atoms with Crippen LogP contribution < -0.4 is 9.47 Å². The van der Waals surface area contributed by atoms with Crippen molar-refractivity contribution < 1.29 is 18.7 Å². The highest BCUT2D eigenvalue weighted by atomic mass is 19.1. The third kappa shape index (κ3) is 5.23. The first-order chi connectivity index (χ1) is 17.4. The molecule has 1 saturated heterocycles. The highest BCUT2D eigenvalue weighted by molar-refractivity contribution is 5.95. The Balaban J connectivity index is 1.28. The SMILES string of the molecule is Cc1nn(C)cc1CN(C)[C@H](Cc1ccc(F)cc1)C1CCN(C(=O)c2ccc3c(c2)OCO3)CC1. The first-order valence-electron chi connectivity index (χ1n) is 12.5. The summed E-state index contributed by atoms with van der Waals surface area (Å²) < 4.78 is 26.2. The van der Waals surface area contributed by atoms with Gasteiger partial charge in [0.05, 0.1) is 5.69 Å². The van der Waals surface area contributed by atoms with Crippen molar-refractivity contribution in [2.24, 2.45) is 13.0 Å². The monoisotopic (exact) mass is 492 g/mol. The molecule has 190 valence electrons. The van der Waals surface area contributed by atoms with Gasteiger partial charge in [0, 0.05) is 50.0 Å². The number of fused-ring (bicyclic) bond motifs is 1. The predicted octanol–water partition coefficient (Wildman–Crippen LogP) is 4.19. The van der Waals surface area contributed by atoms with Crippen molar-refractivity contribution in [1.29, 1.82) is 0 Å². The van der Waals surface area contributed by atoms with Gasteiger partial charge in [0.1, 0.15) is 5.82 Å². The van der Waals surface area contributed by atoms with Crippen LogP contribution >= 0.6 is 0 Å². The summed E-state index contributed by atoms with van der Waals surface area (Å²) in [5, 5.41) is 4.50. The number of hydrogen-bond donors (Lipinski definition) is 0. The quantitative estimate of drug-likeness (QED) is 0.495. The van der Waals surface area contributed by atoms with Gasteiger partial charge in [-0.15, -0.1) is 0 Å². The Kier molecular flexibility index (Phi) is 6.96. The second-order valence-electron chi connectivity index (χ2n) is 9.92. The van der Waals surface area contributed by atoms with Crippen LogP contribution in [0.4, 0.5) is 4.39 Å². The maximum absolute atomic E-state index is 13.5. The van der Waals surface area contributed by atoms with Crippen molar-refractivity contribution in [2.75, 3.05) is 26.9 Å². The first kappa shape index (κ1) is 24.3. The molecule has 0 N–H and O–H groups in total. The number of hydrogen-bond acceptors (Lipinski definition) is 5. The molecule has 0 spiro atoms. The molecular formula is C28H33FN4O3. The van der Waals surface area contributed by atoms with E-state index < -0.39 is 0 Å². The van der Waals surface area contributed by atoms with Gasteiger partial charge in [-0.3, -0.25) is 14.4 Å². The Hall–Kier alpha value is -3.39. The molecule has 1 amide bonds. The van der Waals surface area contributed by atoms with Crippen LogP contribution in [-0.2, 0) is 20.0 Å². The van der Waals surface area contributed by atoms with Gasteiger partial charge < -0.3 is 14.4 Å². The summed E-state index contributed by atoms with van der Waals surface area (Å²) in [6.45, 7) is 4.44. The van der Waals surface area contributed by atoms with Crippen LogP contribution in [0.5, 0.6) is 11.5 Å². The van der Waals surface area contributed by atoms with E-state index >= 15 is 0 Å². The van der Waals surface area contributed by atoms with E-state index in [4.69, 9.17) is 9.47 Å². The Labute approximate surface area is 211 Å². The predicted molar refractivity (Wildman–Crippen MR) is 134 cm³/mol. The minimum absolute atomic E-state index is 0.0289. The normalized spacial score (nSPS) is 16.5. The standard InChI is InChI=1S/C28H33FN4O3/c1-19-23(17-32(3)30-19)16-31(2)25(14-20-4-7-24(29)8-5-20)21-10-12-33(13-11-21)28(34)22-6-9-26-27(15-22)36-18-35-26/h4-9,15,17,21,25H,10-14,16,18H2,1-3H3/t25-/m1/s1. The molecule has 0 bridgehead atoms. The Morgan fingerprint density at radius 1 is 1.14 bits per heavy atom. The number of carbonyl (C=O) groups is 1. The molecule has 2 aliphatic rings. The maximum Gasteiger partial charge on any atom is 0.253 e. The molecule has 3 aromatic rings. The molecule has 0 saturated carbocycles. The van der Waals surface area contributed by atoms with Crippen LogP contribution in [0.25, 0.3) is 0 Å². The minimum Gasteiger partial charge on any atom is -0.454 e. The van der Waals surface area contributed by atoms with Crippen molar-refractivity contribution in [3.63, 3.8) is 0 Å². The summed E-state index contributed by atoms with van der Waals surface area (Å²) in [4.78, 5) is 17.5. The van der Waals surface area contributed by atoms with Gasteiger partial charge >= 0.3 is 0 Å². The van der Waals surface area contributed by atoms with Gasteiger partial charge in [-0.1, -0.05) is 12.1 Å².